The average molecular weight is 516 g/mol. The number of nitrogens with zero attached hydrogens (tertiary/aromatic N) is 1. The fourth-order valence-corrected chi connectivity index (χ4v) is 4.66. The highest BCUT2D eigenvalue weighted by Crippen LogP contribution is 2.34. The standard InChI is InChI=1S/C28H25N3O5S/c32-27-21(11-20-12-25-26(13-22(20)30-27)34-9-8-33-25)16-31(28(37)29-14-18-4-2-1-3-5-18)15-19-6-7-23-24(10-19)36-17-35-23/h1-7,10-13H,8-9,14-17H2,(H,29,37)(H,30,32). The van der Waals surface area contributed by atoms with Crippen LogP contribution in [0.5, 0.6) is 23.0 Å². The van der Waals surface area contributed by atoms with Crippen molar-refractivity contribution in [3.8, 4) is 23.0 Å². The van der Waals surface area contributed by atoms with Crippen LogP contribution in [0.4, 0.5) is 0 Å². The first-order valence-electron chi connectivity index (χ1n) is 12.0. The van der Waals surface area contributed by atoms with Crippen LogP contribution in [-0.4, -0.2) is 35.0 Å². The molecule has 188 valence electrons. The van der Waals surface area contributed by atoms with Crippen molar-refractivity contribution < 1.29 is 18.9 Å². The lowest BCUT2D eigenvalue weighted by Gasteiger charge is -2.26. The van der Waals surface area contributed by atoms with Crippen LogP contribution >= 0.6 is 12.2 Å². The second-order valence-electron chi connectivity index (χ2n) is 8.89. The molecule has 0 aliphatic carbocycles. The van der Waals surface area contributed by atoms with Crippen molar-refractivity contribution in [1.29, 1.82) is 0 Å². The summed E-state index contributed by atoms with van der Waals surface area (Å²) in [5.41, 5.74) is 3.22. The zero-order chi connectivity index (χ0) is 25.2. The molecule has 8 nitrogen and oxygen atoms in total. The van der Waals surface area contributed by atoms with E-state index in [1.54, 1.807) is 0 Å². The molecule has 0 saturated carbocycles. The normalized spacial score (nSPS) is 13.4. The molecule has 2 N–H and O–H groups in total. The minimum absolute atomic E-state index is 0.175. The summed E-state index contributed by atoms with van der Waals surface area (Å²) in [6, 6.07) is 21.5. The van der Waals surface area contributed by atoms with Gasteiger partial charge in [0.1, 0.15) is 13.2 Å². The van der Waals surface area contributed by atoms with E-state index in [0.717, 1.165) is 22.3 Å². The molecule has 37 heavy (non-hydrogen) atoms. The van der Waals surface area contributed by atoms with E-state index in [2.05, 4.69) is 10.3 Å². The van der Waals surface area contributed by atoms with Crippen LogP contribution in [0.25, 0.3) is 10.9 Å². The van der Waals surface area contributed by atoms with Crippen molar-refractivity contribution >= 4 is 28.2 Å². The van der Waals surface area contributed by atoms with Gasteiger partial charge in [0, 0.05) is 30.1 Å². The lowest BCUT2D eigenvalue weighted by Crippen LogP contribution is -2.39. The van der Waals surface area contributed by atoms with Gasteiger partial charge >= 0.3 is 0 Å². The minimum atomic E-state index is -0.175. The number of fused-ring (bicyclic) bond motifs is 3. The van der Waals surface area contributed by atoms with Crippen LogP contribution in [0.2, 0.25) is 0 Å². The molecule has 6 rings (SSSR count). The Labute approximate surface area is 218 Å². The van der Waals surface area contributed by atoms with E-state index in [4.69, 9.17) is 31.2 Å². The minimum Gasteiger partial charge on any atom is -0.486 e. The molecule has 0 amide bonds. The van der Waals surface area contributed by atoms with Gasteiger partial charge in [0.05, 0.1) is 12.1 Å². The Balaban J connectivity index is 1.29. The Bertz CT molecular complexity index is 1520. The van der Waals surface area contributed by atoms with Gasteiger partial charge in [-0.05, 0) is 47.6 Å². The van der Waals surface area contributed by atoms with Crippen LogP contribution in [0.1, 0.15) is 16.7 Å². The summed E-state index contributed by atoms with van der Waals surface area (Å²) in [6.07, 6.45) is 0. The molecule has 0 fully saturated rings. The van der Waals surface area contributed by atoms with Crippen molar-refractivity contribution in [3.63, 3.8) is 0 Å². The summed E-state index contributed by atoms with van der Waals surface area (Å²) < 4.78 is 22.4. The second-order valence-corrected chi connectivity index (χ2v) is 9.28. The highest BCUT2D eigenvalue weighted by atomic mass is 32.1. The number of benzene rings is 3. The van der Waals surface area contributed by atoms with E-state index in [1.807, 2.05) is 71.6 Å². The SMILES string of the molecule is O=c1[nH]c2cc3c(cc2cc1CN(Cc1ccc2c(c1)OCO2)C(=S)NCc1ccccc1)OCCO3. The Kier molecular flexibility index (Phi) is 6.28. The maximum atomic E-state index is 13.1. The Morgan fingerprint density at radius 2 is 1.59 bits per heavy atom. The molecule has 3 aromatic carbocycles. The fraction of sp³-hybridized carbons (Fsp3) is 0.214. The number of pyridine rings is 1. The molecule has 2 aliphatic heterocycles. The molecule has 0 atom stereocenters. The molecule has 2 aliphatic rings. The molecular formula is C28H25N3O5S. The van der Waals surface area contributed by atoms with E-state index in [-0.39, 0.29) is 12.4 Å². The zero-order valence-electron chi connectivity index (χ0n) is 20.0. The first kappa shape index (κ1) is 23.2. The van der Waals surface area contributed by atoms with Gasteiger partial charge in [-0.1, -0.05) is 36.4 Å². The van der Waals surface area contributed by atoms with E-state index in [1.165, 1.54) is 0 Å². The first-order chi connectivity index (χ1) is 18.1. The average Bonchev–Trinajstić information content (AvgIpc) is 3.39. The first-order valence-corrected chi connectivity index (χ1v) is 12.4. The molecule has 0 saturated heterocycles. The fourth-order valence-electron chi connectivity index (χ4n) is 4.46. The maximum Gasteiger partial charge on any atom is 0.253 e. The van der Waals surface area contributed by atoms with Gasteiger partial charge in [-0.2, -0.15) is 0 Å². The maximum absolute atomic E-state index is 13.1. The van der Waals surface area contributed by atoms with Gasteiger partial charge in [-0.3, -0.25) is 4.79 Å². The third kappa shape index (κ3) is 5.03. The van der Waals surface area contributed by atoms with Crippen molar-refractivity contribution in [2.75, 3.05) is 20.0 Å². The zero-order valence-corrected chi connectivity index (χ0v) is 20.8. The Morgan fingerprint density at radius 3 is 2.43 bits per heavy atom. The number of hydrogen-bond acceptors (Lipinski definition) is 6. The summed E-state index contributed by atoms with van der Waals surface area (Å²) in [5.74, 6) is 2.74. The molecule has 0 spiro atoms. The smallest absolute Gasteiger partial charge is 0.253 e. The second kappa shape index (κ2) is 10.0. The molecule has 9 heteroatoms. The third-order valence-corrected chi connectivity index (χ3v) is 6.73. The molecule has 0 unspecified atom stereocenters. The number of hydrogen-bond donors (Lipinski definition) is 2. The Hall–Kier alpha value is -4.24. The molecule has 3 heterocycles. The van der Waals surface area contributed by atoms with Crippen molar-refractivity contribution in [2.45, 2.75) is 19.6 Å². The van der Waals surface area contributed by atoms with Crippen LogP contribution in [0.3, 0.4) is 0 Å². The number of ether oxygens (including phenoxy) is 4. The van der Waals surface area contributed by atoms with E-state index in [0.29, 0.717) is 66.3 Å². The van der Waals surface area contributed by atoms with Gasteiger partial charge in [-0.15, -0.1) is 0 Å². The highest BCUT2D eigenvalue weighted by Gasteiger charge is 2.19. The number of aromatic amines is 1. The summed E-state index contributed by atoms with van der Waals surface area (Å²) in [7, 11) is 0. The molecule has 0 radical (unpaired) electrons. The molecular weight excluding hydrogens is 490 g/mol. The number of nitrogens with one attached hydrogen (secondary N) is 2. The van der Waals surface area contributed by atoms with Gasteiger partial charge in [0.25, 0.3) is 5.56 Å². The summed E-state index contributed by atoms with van der Waals surface area (Å²) in [4.78, 5) is 18.1. The quantitative estimate of drug-likeness (QED) is 0.371. The monoisotopic (exact) mass is 515 g/mol. The number of aromatic nitrogens is 1. The van der Waals surface area contributed by atoms with Crippen LogP contribution in [-0.2, 0) is 19.6 Å². The van der Waals surface area contributed by atoms with Crippen molar-refractivity contribution in [1.82, 2.24) is 15.2 Å². The van der Waals surface area contributed by atoms with E-state index in [9.17, 15) is 4.79 Å². The number of thiocarbonyl (C=S) groups is 1. The van der Waals surface area contributed by atoms with Crippen LogP contribution < -0.4 is 29.8 Å². The lowest BCUT2D eigenvalue weighted by molar-refractivity contribution is 0.172. The van der Waals surface area contributed by atoms with Gasteiger partial charge < -0.3 is 34.1 Å². The largest absolute Gasteiger partial charge is 0.486 e. The van der Waals surface area contributed by atoms with Crippen LogP contribution in [0, 0.1) is 0 Å². The van der Waals surface area contributed by atoms with Gasteiger partial charge in [0.2, 0.25) is 6.79 Å². The van der Waals surface area contributed by atoms with Gasteiger partial charge in [0.15, 0.2) is 28.1 Å². The summed E-state index contributed by atoms with van der Waals surface area (Å²) >= 11 is 5.80. The predicted octanol–water partition coefficient (Wildman–Crippen LogP) is 4.10. The van der Waals surface area contributed by atoms with Gasteiger partial charge in [-0.25, -0.2) is 0 Å². The molecule has 1 aromatic heterocycles. The Morgan fingerprint density at radius 1 is 0.838 bits per heavy atom. The predicted molar refractivity (Wildman–Crippen MR) is 143 cm³/mol. The van der Waals surface area contributed by atoms with Crippen LogP contribution in [0.15, 0.2) is 71.5 Å². The number of rotatable bonds is 6. The third-order valence-electron chi connectivity index (χ3n) is 6.33. The summed E-state index contributed by atoms with van der Waals surface area (Å²) in [5, 5.41) is 4.75. The van der Waals surface area contributed by atoms with E-state index >= 15 is 0 Å². The molecule has 0 bridgehead atoms. The van der Waals surface area contributed by atoms with Crippen molar-refractivity contribution in [2.24, 2.45) is 0 Å². The lowest BCUT2D eigenvalue weighted by atomic mass is 10.1. The molecule has 4 aromatic rings. The van der Waals surface area contributed by atoms with E-state index < -0.39 is 0 Å². The highest BCUT2D eigenvalue weighted by molar-refractivity contribution is 7.80. The topological polar surface area (TPSA) is 85.1 Å². The summed E-state index contributed by atoms with van der Waals surface area (Å²) in [6.45, 7) is 2.58. The number of H-pyrrole nitrogens is 1. The van der Waals surface area contributed by atoms with Crippen molar-refractivity contribution in [3.05, 3.63) is 93.8 Å².